The first-order valence-corrected chi connectivity index (χ1v) is 43.1. The number of para-hydroxylation sites is 6. The molecule has 16 aromatic carbocycles. The molecule has 0 aliphatic heterocycles. The van der Waals surface area contributed by atoms with Crippen molar-refractivity contribution in [1.82, 2.24) is 0 Å². The first-order valence-electron chi connectivity index (χ1n) is 43.1. The number of carbonyl (C=O) groups is 1. The van der Waals surface area contributed by atoms with E-state index in [0.717, 1.165) is 165 Å². The molecule has 0 saturated heterocycles. The summed E-state index contributed by atoms with van der Waals surface area (Å²) in [6.07, 6.45) is 0. The summed E-state index contributed by atoms with van der Waals surface area (Å²) in [4.78, 5) is 12.7. The van der Waals surface area contributed by atoms with E-state index in [1.165, 1.54) is 57.2 Å². The summed E-state index contributed by atoms with van der Waals surface area (Å²) >= 11 is 0. The van der Waals surface area contributed by atoms with Crippen molar-refractivity contribution < 1.29 is 41.1 Å². The van der Waals surface area contributed by atoms with Gasteiger partial charge in [-0.25, -0.2) is 4.79 Å². The van der Waals surface area contributed by atoms with Crippen LogP contribution in [0.4, 0.5) is 0 Å². The number of rotatable bonds is 8. The molecule has 6 heterocycles. The summed E-state index contributed by atoms with van der Waals surface area (Å²) in [7, 11) is 1.39. The number of benzene rings is 16. The van der Waals surface area contributed by atoms with Crippen LogP contribution in [-0.4, -0.2) is 18.2 Å². The fourth-order valence-electron chi connectivity index (χ4n) is 19.7. The average molecular weight is 1630 g/mol. The summed E-state index contributed by atoms with van der Waals surface area (Å²) in [5.74, 6) is -0.405. The van der Waals surface area contributed by atoms with Gasteiger partial charge >= 0.3 is 5.97 Å². The molecule has 612 valence electrons. The van der Waals surface area contributed by atoms with Crippen LogP contribution >= 0.6 is 0 Å². The molecule has 22 aromatic rings. The molecule has 0 amide bonds. The third-order valence-electron chi connectivity index (χ3n) is 26.1. The van der Waals surface area contributed by atoms with Crippen molar-refractivity contribution in [3.05, 3.63) is 394 Å². The highest BCUT2D eigenvalue weighted by atomic mass is 16.5. The summed E-state index contributed by atoms with van der Waals surface area (Å²) < 4.78 is 44.0. The lowest BCUT2D eigenvalue weighted by molar-refractivity contribution is 0.0601. The maximum atomic E-state index is 13.6. The lowest BCUT2D eigenvalue weighted by Crippen LogP contribution is -2.30. The first kappa shape index (κ1) is 78.0. The number of hydrogen-bond donors (Lipinski definition) is 1. The molecule has 1 aliphatic carbocycles. The maximum Gasteiger partial charge on any atom is 0.338 e. The molecule has 0 unspecified atom stereocenters. The van der Waals surface area contributed by atoms with E-state index in [9.17, 15) is 9.90 Å². The molecule has 0 fully saturated rings. The van der Waals surface area contributed by atoms with Crippen molar-refractivity contribution in [3.8, 4) is 33.4 Å². The highest BCUT2D eigenvalue weighted by Crippen LogP contribution is 2.62. The van der Waals surface area contributed by atoms with E-state index in [0.29, 0.717) is 16.7 Å². The van der Waals surface area contributed by atoms with Crippen LogP contribution in [0.2, 0.25) is 0 Å². The minimum absolute atomic E-state index is 0.0265. The van der Waals surface area contributed by atoms with Gasteiger partial charge in [-0.3, -0.25) is 0 Å². The Morgan fingerprint density at radius 3 is 0.976 bits per heavy atom. The normalized spacial score (nSPS) is 13.1. The molecular formula is C116H94O9. The zero-order chi connectivity index (χ0) is 86.0. The molecule has 0 atom stereocenters. The zero-order valence-corrected chi connectivity index (χ0v) is 72.4. The van der Waals surface area contributed by atoms with Crippen LogP contribution in [-0.2, 0) is 37.4 Å². The molecule has 125 heavy (non-hydrogen) atoms. The van der Waals surface area contributed by atoms with Crippen molar-refractivity contribution in [2.75, 3.05) is 7.11 Å². The van der Waals surface area contributed by atoms with Gasteiger partial charge in [0.15, 0.2) is 0 Å². The van der Waals surface area contributed by atoms with Gasteiger partial charge in [0.25, 0.3) is 0 Å². The highest BCUT2D eigenvalue weighted by molar-refractivity contribution is 6.24. The topological polar surface area (TPSA) is 125 Å². The molecule has 23 rings (SSSR count). The van der Waals surface area contributed by atoms with Gasteiger partial charge in [0, 0.05) is 92.5 Å². The molecule has 1 aliphatic rings. The Bertz CT molecular complexity index is 7940. The fraction of sp³-hybridized carbons (Fsp3) is 0.164. The van der Waals surface area contributed by atoms with Crippen LogP contribution in [0.25, 0.3) is 165 Å². The molecular weight excluding hydrogens is 1540 g/mol. The van der Waals surface area contributed by atoms with Gasteiger partial charge in [0.2, 0.25) is 0 Å². The van der Waals surface area contributed by atoms with Crippen molar-refractivity contribution in [1.29, 1.82) is 0 Å². The number of fused-ring (bicyclic) bond motifs is 23. The van der Waals surface area contributed by atoms with E-state index in [-0.39, 0.29) is 21.7 Å². The Kier molecular flexibility index (Phi) is 18.1. The number of carbonyl (C=O) groups excluding carboxylic acids is 1. The average Bonchev–Trinajstić information content (AvgIpc) is 1.51. The van der Waals surface area contributed by atoms with Crippen LogP contribution in [0.1, 0.15) is 155 Å². The third-order valence-corrected chi connectivity index (χ3v) is 26.1. The van der Waals surface area contributed by atoms with Crippen LogP contribution in [0, 0.1) is 0 Å². The fourth-order valence-corrected chi connectivity index (χ4v) is 19.7. The van der Waals surface area contributed by atoms with Gasteiger partial charge in [-0.1, -0.05) is 344 Å². The van der Waals surface area contributed by atoms with Crippen LogP contribution in [0.5, 0.6) is 0 Å². The lowest BCUT2D eigenvalue weighted by atomic mass is 9.66. The van der Waals surface area contributed by atoms with E-state index in [4.69, 9.17) is 31.2 Å². The number of furan rings is 6. The lowest BCUT2D eigenvalue weighted by Gasteiger charge is -2.35. The van der Waals surface area contributed by atoms with Gasteiger partial charge in [0.05, 0.1) is 18.1 Å². The Balaban J connectivity index is 0.000000118. The zero-order valence-electron chi connectivity index (χ0n) is 72.4. The Labute approximate surface area is 724 Å². The summed E-state index contributed by atoms with van der Waals surface area (Å²) in [5.41, 5.74) is 26.3. The number of esters is 1. The minimum atomic E-state index is -1.52. The van der Waals surface area contributed by atoms with Crippen molar-refractivity contribution in [2.24, 2.45) is 0 Å². The molecule has 6 aromatic heterocycles. The highest BCUT2D eigenvalue weighted by Gasteiger charge is 2.49. The van der Waals surface area contributed by atoms with Crippen molar-refractivity contribution >= 4 is 138 Å². The summed E-state index contributed by atoms with van der Waals surface area (Å²) in [5, 5.41) is 26.1. The van der Waals surface area contributed by atoms with Crippen molar-refractivity contribution in [3.63, 3.8) is 0 Å². The second-order valence-corrected chi connectivity index (χ2v) is 37.7. The van der Waals surface area contributed by atoms with Gasteiger partial charge in [-0.15, -0.1) is 0 Å². The number of ether oxygens (including phenoxy) is 1. The molecule has 1 N–H and O–H groups in total. The Morgan fingerprint density at radius 1 is 0.264 bits per heavy atom. The minimum Gasteiger partial charge on any atom is -0.465 e. The van der Waals surface area contributed by atoms with E-state index >= 15 is 0 Å². The Hall–Kier alpha value is -14.3. The SMILES string of the molecule is CC(C)(C)c1ccc(C(O)(c2ccc(C(C)(C)C)cc2)c2ccc3c(oc4ccccc43)c2-c2cccc3oc4ccccc4c23)cc1.CC(C)(C)c1ccc(C2(c3ccc(C(C)(C)C)cc3)c3ccc4c(oc5ccccc54)c3-c3c2ccc2oc4ccccc4c32)cc1.COC(=O)c1ccc2c(oc3ccccc32)c1-c1cccc2oc3ccccc3c12. The maximum absolute atomic E-state index is 13.6. The monoisotopic (exact) mass is 1630 g/mol. The van der Waals surface area contributed by atoms with Crippen molar-refractivity contribution in [2.45, 2.75) is 116 Å². The first-order chi connectivity index (χ1) is 60.3. The molecule has 0 bridgehead atoms. The predicted molar refractivity (Wildman–Crippen MR) is 512 cm³/mol. The molecule has 0 saturated carbocycles. The van der Waals surface area contributed by atoms with Gasteiger partial charge in [-0.2, -0.15) is 0 Å². The van der Waals surface area contributed by atoms with E-state index in [2.05, 4.69) is 277 Å². The summed E-state index contributed by atoms with van der Waals surface area (Å²) in [6.45, 7) is 26.9. The van der Waals surface area contributed by atoms with Gasteiger partial charge < -0.3 is 36.3 Å². The quantitative estimate of drug-likeness (QED) is 0.117. The number of aliphatic hydroxyl groups is 1. The van der Waals surface area contributed by atoms with E-state index in [1.807, 2.05) is 133 Å². The van der Waals surface area contributed by atoms with Crippen LogP contribution in [0.3, 0.4) is 0 Å². The molecule has 9 heteroatoms. The van der Waals surface area contributed by atoms with Gasteiger partial charge in [-0.05, 0) is 155 Å². The second kappa shape index (κ2) is 28.9. The largest absolute Gasteiger partial charge is 0.465 e. The second-order valence-electron chi connectivity index (χ2n) is 37.7. The molecule has 9 nitrogen and oxygen atoms in total. The van der Waals surface area contributed by atoms with Crippen LogP contribution < -0.4 is 0 Å². The number of methoxy groups -OCH3 is 1. The smallest absolute Gasteiger partial charge is 0.338 e. The Morgan fingerprint density at radius 2 is 0.568 bits per heavy atom. The van der Waals surface area contributed by atoms with Crippen LogP contribution in [0.15, 0.2) is 354 Å². The third kappa shape index (κ3) is 12.5. The number of hydrogen-bond acceptors (Lipinski definition) is 9. The molecule has 0 spiro atoms. The molecule has 0 radical (unpaired) electrons. The van der Waals surface area contributed by atoms with E-state index in [1.54, 1.807) is 0 Å². The summed E-state index contributed by atoms with van der Waals surface area (Å²) in [6, 6.07) is 114. The van der Waals surface area contributed by atoms with Gasteiger partial charge in [0.1, 0.15) is 72.6 Å². The predicted octanol–water partition coefficient (Wildman–Crippen LogP) is 31.4. The standard InChI is InChI=1S/C45H40O3.C45H38O2.C26H16O4/c1-43(2,3)28-18-22-30(23-19-28)45(46,31-24-20-29(21-25-31)44(4,5)6)36-27-26-33-32-12-7-9-15-37(32)48-42(33)41(36)35-14-11-17-39-40(35)34-13-8-10-16-38(34)47-39;1-43(2,3)27-15-19-29(20-16-27)45(30-21-17-28(18-22-30)44(4,5)6)34-25-26-38-39(33-12-8-10-14-37(33)46-38)40(34)41-35(45)24-23-32-31-11-7-9-13-36(31)47-42(32)41;1-28-26(27)19-14-13-16-15-7-2-4-10-20(15)30-25(16)24(19)18-9-6-12-22-23(18)17-8-3-5-11-21(17)29-22/h7-27,46H,1-6H3;7-26H,1-6H3;2-14H,1H3. The van der Waals surface area contributed by atoms with E-state index < -0.39 is 17.0 Å².